The number of phenols is 1. The van der Waals surface area contributed by atoms with E-state index in [-0.39, 0.29) is 36.7 Å². The molecule has 0 aromatic heterocycles. The van der Waals surface area contributed by atoms with E-state index in [9.17, 15) is 18.3 Å². The van der Waals surface area contributed by atoms with Crippen LogP contribution in [-0.4, -0.2) is 29.2 Å². The number of ether oxygens (including phenoxy) is 1. The van der Waals surface area contributed by atoms with E-state index in [2.05, 4.69) is 4.74 Å². The molecule has 0 saturated heterocycles. The smallest absolute Gasteiger partial charge is 0.508 e. The minimum Gasteiger partial charge on any atom is -0.508 e. The van der Waals surface area contributed by atoms with E-state index >= 15 is 0 Å². The molecular weight excluding hydrogens is 275 g/mol. The number of hydrogen-bond acceptors (Lipinski definition) is 4. The van der Waals surface area contributed by atoms with Gasteiger partial charge in [-0.15, -0.1) is 25.6 Å². The van der Waals surface area contributed by atoms with Crippen molar-refractivity contribution < 1.29 is 28.1 Å². The summed E-state index contributed by atoms with van der Waals surface area (Å²) in [5.74, 6) is -0.626. The molecule has 1 unspecified atom stereocenters. The van der Waals surface area contributed by atoms with Gasteiger partial charge in [0.25, 0.3) is 0 Å². The molecule has 1 atom stereocenters. The highest BCUT2D eigenvalue weighted by Crippen LogP contribution is 2.28. The molecule has 0 fully saturated rings. The Morgan fingerprint density at radius 1 is 1.33 bits per heavy atom. The molecule has 0 aliphatic heterocycles. The van der Waals surface area contributed by atoms with Gasteiger partial charge in [-0.3, -0.25) is 0 Å². The molecule has 1 rings (SSSR count). The Kier molecular flexibility index (Phi) is 6.23. The zero-order valence-corrected chi connectivity index (χ0v) is 9.96. The Labute approximate surface area is 108 Å². The van der Waals surface area contributed by atoms with E-state index in [0.29, 0.717) is 0 Å². The van der Waals surface area contributed by atoms with Crippen LogP contribution in [0.3, 0.4) is 0 Å². The van der Waals surface area contributed by atoms with Crippen LogP contribution in [0, 0.1) is 0 Å². The van der Waals surface area contributed by atoms with Crippen LogP contribution in [0.5, 0.6) is 11.5 Å². The van der Waals surface area contributed by atoms with Gasteiger partial charge < -0.3 is 20.7 Å². The molecule has 0 radical (unpaired) electrons. The summed E-state index contributed by atoms with van der Waals surface area (Å²) in [4.78, 5) is 0. The molecule has 8 heteroatoms. The topological polar surface area (TPSA) is 75.7 Å². The number of aliphatic hydroxyl groups excluding tert-OH is 1. The molecule has 0 aliphatic rings. The van der Waals surface area contributed by atoms with Crippen molar-refractivity contribution in [1.29, 1.82) is 0 Å². The monoisotopic (exact) mass is 287 g/mol. The second kappa shape index (κ2) is 6.67. The van der Waals surface area contributed by atoms with Crippen LogP contribution in [0.15, 0.2) is 18.2 Å². The van der Waals surface area contributed by atoms with Crippen molar-refractivity contribution in [1.82, 2.24) is 0 Å². The first-order valence-electron chi connectivity index (χ1n) is 4.76. The minimum atomic E-state index is -4.78. The normalized spacial score (nSPS) is 12.7. The zero-order chi connectivity index (χ0) is 13.1. The molecule has 0 saturated carbocycles. The molecule has 104 valence electrons. The predicted octanol–water partition coefficient (Wildman–Crippen LogP) is 1.57. The molecule has 0 heterocycles. The summed E-state index contributed by atoms with van der Waals surface area (Å²) in [6.07, 6.45) is -4.73. The van der Waals surface area contributed by atoms with Crippen LogP contribution < -0.4 is 10.5 Å². The number of aromatic hydroxyl groups is 1. The number of hydrogen-bond donors (Lipinski definition) is 3. The van der Waals surface area contributed by atoms with Gasteiger partial charge in [0.15, 0.2) is 0 Å². The Balaban J connectivity index is 0.00000289. The average molecular weight is 288 g/mol. The first-order valence-corrected chi connectivity index (χ1v) is 4.76. The molecule has 0 bridgehead atoms. The lowest BCUT2D eigenvalue weighted by atomic mass is 10.1. The summed E-state index contributed by atoms with van der Waals surface area (Å²) >= 11 is 0. The summed E-state index contributed by atoms with van der Waals surface area (Å²) in [5.41, 5.74) is 5.62. The maximum atomic E-state index is 12.0. The van der Waals surface area contributed by atoms with Crippen molar-refractivity contribution in [3.63, 3.8) is 0 Å². The fraction of sp³-hybridized carbons (Fsp3) is 0.400. The third-order valence-electron chi connectivity index (χ3n) is 2.00. The van der Waals surface area contributed by atoms with Gasteiger partial charge in [0.05, 0.1) is 6.61 Å². The lowest BCUT2D eigenvalue weighted by Gasteiger charge is -2.13. The lowest BCUT2D eigenvalue weighted by molar-refractivity contribution is -0.274. The standard InChI is InChI=1S/C10H12F3NO3.ClH/c11-10(12,13)17-8-1-2-9(16)6(4-8)3-7(14)5-15;/h1-2,4,7,15-16H,3,5,14H2;1H. The van der Waals surface area contributed by atoms with E-state index in [1.54, 1.807) is 0 Å². The summed E-state index contributed by atoms with van der Waals surface area (Å²) in [5, 5.41) is 18.1. The maximum Gasteiger partial charge on any atom is 0.573 e. The number of nitrogens with two attached hydrogens (primary N) is 1. The van der Waals surface area contributed by atoms with E-state index in [1.165, 1.54) is 0 Å². The van der Waals surface area contributed by atoms with Crippen LogP contribution in [-0.2, 0) is 6.42 Å². The van der Waals surface area contributed by atoms with Crippen molar-refractivity contribution in [2.75, 3.05) is 6.61 Å². The highest BCUT2D eigenvalue weighted by Gasteiger charge is 2.31. The first-order chi connectivity index (χ1) is 7.81. The Bertz CT molecular complexity index is 387. The van der Waals surface area contributed by atoms with Gasteiger partial charge in [0.2, 0.25) is 0 Å². The number of phenolic OH excluding ortho intramolecular Hbond substituents is 1. The third kappa shape index (κ3) is 5.44. The third-order valence-corrected chi connectivity index (χ3v) is 2.00. The molecule has 0 amide bonds. The van der Waals surface area contributed by atoms with Crippen molar-refractivity contribution in [3.05, 3.63) is 23.8 Å². The molecule has 0 aliphatic carbocycles. The van der Waals surface area contributed by atoms with Gasteiger partial charge in [0, 0.05) is 6.04 Å². The van der Waals surface area contributed by atoms with E-state index in [0.717, 1.165) is 18.2 Å². The van der Waals surface area contributed by atoms with Crippen LogP contribution in [0.2, 0.25) is 0 Å². The van der Waals surface area contributed by atoms with E-state index in [1.807, 2.05) is 0 Å². The number of rotatable bonds is 4. The van der Waals surface area contributed by atoms with Gasteiger partial charge in [-0.25, -0.2) is 0 Å². The second-order valence-electron chi connectivity index (χ2n) is 3.49. The van der Waals surface area contributed by atoms with Gasteiger partial charge in [-0.2, -0.15) is 0 Å². The summed E-state index contributed by atoms with van der Waals surface area (Å²) < 4.78 is 39.6. The van der Waals surface area contributed by atoms with Crippen molar-refractivity contribution in [3.8, 4) is 11.5 Å². The number of halogens is 4. The Morgan fingerprint density at radius 3 is 2.44 bits per heavy atom. The zero-order valence-electron chi connectivity index (χ0n) is 9.15. The fourth-order valence-electron chi connectivity index (χ4n) is 1.27. The van der Waals surface area contributed by atoms with E-state index < -0.39 is 18.2 Å². The van der Waals surface area contributed by atoms with Crippen LogP contribution in [0.1, 0.15) is 5.56 Å². The van der Waals surface area contributed by atoms with Crippen LogP contribution in [0.4, 0.5) is 13.2 Å². The summed E-state index contributed by atoms with van der Waals surface area (Å²) in [6, 6.07) is 2.47. The summed E-state index contributed by atoms with van der Waals surface area (Å²) in [6.45, 7) is -0.330. The summed E-state index contributed by atoms with van der Waals surface area (Å²) in [7, 11) is 0. The first kappa shape index (κ1) is 16.8. The molecular formula is C10H13ClF3NO3. The SMILES string of the molecule is Cl.NC(CO)Cc1cc(OC(F)(F)F)ccc1O. The van der Waals surface area contributed by atoms with Crippen LogP contribution >= 0.6 is 12.4 Å². The fourth-order valence-corrected chi connectivity index (χ4v) is 1.27. The minimum absolute atomic E-state index is 0. The second-order valence-corrected chi connectivity index (χ2v) is 3.49. The van der Waals surface area contributed by atoms with Gasteiger partial charge in [-0.1, -0.05) is 0 Å². The number of alkyl halides is 3. The van der Waals surface area contributed by atoms with E-state index in [4.69, 9.17) is 10.8 Å². The molecule has 4 nitrogen and oxygen atoms in total. The van der Waals surface area contributed by atoms with Crippen LogP contribution in [0.25, 0.3) is 0 Å². The molecule has 0 spiro atoms. The number of aliphatic hydroxyl groups is 1. The van der Waals surface area contributed by atoms with Gasteiger partial charge >= 0.3 is 6.36 Å². The highest BCUT2D eigenvalue weighted by molar-refractivity contribution is 5.85. The Hall–Kier alpha value is -1.18. The maximum absolute atomic E-state index is 12.0. The predicted molar refractivity (Wildman–Crippen MR) is 60.8 cm³/mol. The number of benzene rings is 1. The quantitative estimate of drug-likeness (QED) is 0.786. The molecule has 4 N–H and O–H groups in total. The van der Waals surface area contributed by atoms with Crippen molar-refractivity contribution in [2.24, 2.45) is 5.73 Å². The largest absolute Gasteiger partial charge is 0.573 e. The highest BCUT2D eigenvalue weighted by atomic mass is 35.5. The Morgan fingerprint density at radius 2 is 1.94 bits per heavy atom. The van der Waals surface area contributed by atoms with Gasteiger partial charge in [-0.05, 0) is 30.2 Å². The van der Waals surface area contributed by atoms with Gasteiger partial charge in [0.1, 0.15) is 11.5 Å². The average Bonchev–Trinajstić information content (AvgIpc) is 2.20. The molecule has 1 aromatic carbocycles. The van der Waals surface area contributed by atoms with Crippen molar-refractivity contribution in [2.45, 2.75) is 18.8 Å². The lowest BCUT2D eigenvalue weighted by Crippen LogP contribution is -2.26. The molecule has 1 aromatic rings. The van der Waals surface area contributed by atoms with Crippen molar-refractivity contribution >= 4 is 12.4 Å². The molecule has 18 heavy (non-hydrogen) atoms.